The van der Waals surface area contributed by atoms with E-state index in [9.17, 15) is 0 Å². The Balaban J connectivity index is 1.85. The van der Waals surface area contributed by atoms with E-state index < -0.39 is 0 Å². The Morgan fingerprint density at radius 1 is 1.00 bits per heavy atom. The predicted octanol–water partition coefficient (Wildman–Crippen LogP) is 6.45. The SMILES string of the molecule is CCOc1ccccc1CN(Cc1ccccc1)C(=S)Nc1ccc(C)cc1Cl. The Bertz CT molecular complexity index is 962. The third kappa shape index (κ3) is 5.96. The first-order chi connectivity index (χ1) is 14.1. The average Bonchev–Trinajstić information content (AvgIpc) is 2.72. The van der Waals surface area contributed by atoms with E-state index in [4.69, 9.17) is 28.6 Å². The number of halogens is 1. The Labute approximate surface area is 183 Å². The molecule has 3 aromatic rings. The van der Waals surface area contributed by atoms with Gasteiger partial charge in [-0.1, -0.05) is 66.2 Å². The molecule has 0 saturated carbocycles. The minimum atomic E-state index is 0.617. The van der Waals surface area contributed by atoms with E-state index in [2.05, 4.69) is 28.4 Å². The molecule has 0 aliphatic heterocycles. The van der Waals surface area contributed by atoms with E-state index >= 15 is 0 Å². The van der Waals surface area contributed by atoms with E-state index in [0.717, 1.165) is 22.6 Å². The van der Waals surface area contributed by atoms with Gasteiger partial charge in [0.1, 0.15) is 5.75 Å². The number of rotatable bonds is 7. The summed E-state index contributed by atoms with van der Waals surface area (Å²) < 4.78 is 5.81. The third-order valence-corrected chi connectivity index (χ3v) is 5.18. The van der Waals surface area contributed by atoms with Crippen LogP contribution in [0.1, 0.15) is 23.6 Å². The summed E-state index contributed by atoms with van der Waals surface area (Å²) in [4.78, 5) is 2.12. The molecule has 0 fully saturated rings. The van der Waals surface area contributed by atoms with Crippen molar-refractivity contribution < 1.29 is 4.74 Å². The van der Waals surface area contributed by atoms with Crippen LogP contribution in [-0.2, 0) is 13.1 Å². The summed E-state index contributed by atoms with van der Waals surface area (Å²) in [7, 11) is 0. The Hall–Kier alpha value is -2.56. The van der Waals surface area contributed by atoms with Gasteiger partial charge in [-0.15, -0.1) is 0 Å². The molecular weight excluding hydrogens is 400 g/mol. The smallest absolute Gasteiger partial charge is 0.174 e. The van der Waals surface area contributed by atoms with Crippen LogP contribution in [0.15, 0.2) is 72.8 Å². The zero-order chi connectivity index (χ0) is 20.6. The molecular formula is C24H25ClN2OS. The largest absolute Gasteiger partial charge is 0.494 e. The number of nitrogens with zero attached hydrogens (tertiary/aromatic N) is 1. The summed E-state index contributed by atoms with van der Waals surface area (Å²) in [5, 5.41) is 4.59. The van der Waals surface area contributed by atoms with Crippen LogP contribution in [-0.4, -0.2) is 16.6 Å². The second-order valence-electron chi connectivity index (χ2n) is 6.80. The fourth-order valence-corrected chi connectivity index (χ4v) is 3.58. The van der Waals surface area contributed by atoms with Crippen LogP contribution >= 0.6 is 23.8 Å². The molecule has 3 rings (SSSR count). The van der Waals surface area contributed by atoms with E-state index in [1.54, 1.807) is 0 Å². The number of thiocarbonyl (C=S) groups is 1. The second kappa shape index (κ2) is 10.3. The van der Waals surface area contributed by atoms with Crippen LogP contribution < -0.4 is 10.1 Å². The van der Waals surface area contributed by atoms with Gasteiger partial charge in [-0.25, -0.2) is 0 Å². The molecule has 150 valence electrons. The lowest BCUT2D eigenvalue weighted by Crippen LogP contribution is -2.34. The summed E-state index contributed by atoms with van der Waals surface area (Å²) in [6.45, 7) is 5.93. The fourth-order valence-electron chi connectivity index (χ4n) is 3.06. The number of hydrogen-bond donors (Lipinski definition) is 1. The third-order valence-electron chi connectivity index (χ3n) is 4.50. The van der Waals surface area contributed by atoms with E-state index in [1.165, 1.54) is 5.56 Å². The number of aryl methyl sites for hydroxylation is 1. The zero-order valence-electron chi connectivity index (χ0n) is 16.7. The first kappa shape index (κ1) is 21.2. The summed E-state index contributed by atoms with van der Waals surface area (Å²) in [5.74, 6) is 0.879. The Morgan fingerprint density at radius 3 is 2.45 bits per heavy atom. The Morgan fingerprint density at radius 2 is 1.72 bits per heavy atom. The van der Waals surface area contributed by atoms with Crippen molar-refractivity contribution in [1.82, 2.24) is 4.90 Å². The van der Waals surface area contributed by atoms with Crippen molar-refractivity contribution in [3.63, 3.8) is 0 Å². The van der Waals surface area contributed by atoms with Crippen LogP contribution in [0.5, 0.6) is 5.75 Å². The standard InChI is InChI=1S/C24H25ClN2OS/c1-3-28-23-12-8-7-11-20(23)17-27(16-19-9-5-4-6-10-19)24(29)26-22-14-13-18(2)15-21(22)25/h4-15H,3,16-17H2,1-2H3,(H,26,29). The number of ether oxygens (including phenoxy) is 1. The number of benzene rings is 3. The highest BCUT2D eigenvalue weighted by molar-refractivity contribution is 7.80. The zero-order valence-corrected chi connectivity index (χ0v) is 18.3. The molecule has 3 nitrogen and oxygen atoms in total. The van der Waals surface area contributed by atoms with Gasteiger partial charge in [-0.2, -0.15) is 0 Å². The summed E-state index contributed by atoms with van der Waals surface area (Å²) in [6.07, 6.45) is 0. The molecule has 1 N–H and O–H groups in total. The van der Waals surface area contributed by atoms with Crippen molar-refractivity contribution in [2.75, 3.05) is 11.9 Å². The van der Waals surface area contributed by atoms with Gasteiger partial charge in [0.05, 0.1) is 17.3 Å². The predicted molar refractivity (Wildman–Crippen MR) is 126 cm³/mol. The van der Waals surface area contributed by atoms with E-state index in [1.807, 2.05) is 68.4 Å². The normalized spacial score (nSPS) is 10.4. The molecule has 29 heavy (non-hydrogen) atoms. The summed E-state index contributed by atoms with van der Waals surface area (Å²) in [6, 6.07) is 24.3. The fraction of sp³-hybridized carbons (Fsp3) is 0.208. The molecule has 0 unspecified atom stereocenters. The van der Waals surface area contributed by atoms with Crippen LogP contribution in [0.2, 0.25) is 5.02 Å². The van der Waals surface area contributed by atoms with Gasteiger partial charge in [0, 0.05) is 18.7 Å². The molecule has 0 aliphatic carbocycles. The van der Waals surface area contributed by atoms with Crippen molar-refractivity contribution >= 4 is 34.6 Å². The molecule has 0 bridgehead atoms. The molecule has 0 aromatic heterocycles. The molecule has 0 heterocycles. The van der Waals surface area contributed by atoms with Gasteiger partial charge in [0.25, 0.3) is 0 Å². The van der Waals surface area contributed by atoms with Crippen molar-refractivity contribution in [3.05, 3.63) is 94.5 Å². The number of hydrogen-bond acceptors (Lipinski definition) is 2. The van der Waals surface area contributed by atoms with Crippen LogP contribution in [0.3, 0.4) is 0 Å². The lowest BCUT2D eigenvalue weighted by atomic mass is 10.1. The maximum atomic E-state index is 6.40. The first-order valence-electron chi connectivity index (χ1n) is 9.63. The van der Waals surface area contributed by atoms with Gasteiger partial charge in [0.15, 0.2) is 5.11 Å². The summed E-state index contributed by atoms with van der Waals surface area (Å²) in [5.41, 5.74) is 4.18. The minimum absolute atomic E-state index is 0.617. The minimum Gasteiger partial charge on any atom is -0.494 e. The molecule has 3 aromatic carbocycles. The summed E-state index contributed by atoms with van der Waals surface area (Å²) >= 11 is 12.2. The molecule has 0 aliphatic rings. The number of anilines is 1. The molecule has 0 spiro atoms. The van der Waals surface area contributed by atoms with Gasteiger partial charge in [-0.3, -0.25) is 0 Å². The molecule has 0 saturated heterocycles. The maximum Gasteiger partial charge on any atom is 0.174 e. The van der Waals surface area contributed by atoms with E-state index in [-0.39, 0.29) is 0 Å². The molecule has 0 atom stereocenters. The quantitative estimate of drug-likeness (QED) is 0.440. The van der Waals surface area contributed by atoms with E-state index in [0.29, 0.717) is 29.8 Å². The number of para-hydroxylation sites is 1. The average molecular weight is 425 g/mol. The van der Waals surface area contributed by atoms with Crippen molar-refractivity contribution in [2.45, 2.75) is 26.9 Å². The number of nitrogens with one attached hydrogen (secondary N) is 1. The van der Waals surface area contributed by atoms with Gasteiger partial charge in [0.2, 0.25) is 0 Å². The van der Waals surface area contributed by atoms with Crippen molar-refractivity contribution in [1.29, 1.82) is 0 Å². The first-order valence-corrected chi connectivity index (χ1v) is 10.4. The molecule has 0 radical (unpaired) electrons. The lowest BCUT2D eigenvalue weighted by Gasteiger charge is -2.27. The highest BCUT2D eigenvalue weighted by Gasteiger charge is 2.15. The Kier molecular flexibility index (Phi) is 7.50. The highest BCUT2D eigenvalue weighted by atomic mass is 35.5. The molecule has 5 heteroatoms. The van der Waals surface area contributed by atoms with Gasteiger partial charge < -0.3 is 15.0 Å². The monoisotopic (exact) mass is 424 g/mol. The van der Waals surface area contributed by atoms with Gasteiger partial charge in [-0.05, 0) is 55.4 Å². The van der Waals surface area contributed by atoms with Crippen molar-refractivity contribution in [2.24, 2.45) is 0 Å². The van der Waals surface area contributed by atoms with Crippen molar-refractivity contribution in [3.8, 4) is 5.75 Å². The van der Waals surface area contributed by atoms with Crippen LogP contribution in [0.25, 0.3) is 0 Å². The highest BCUT2D eigenvalue weighted by Crippen LogP contribution is 2.25. The second-order valence-corrected chi connectivity index (χ2v) is 7.59. The van der Waals surface area contributed by atoms with Gasteiger partial charge >= 0.3 is 0 Å². The topological polar surface area (TPSA) is 24.5 Å². The van der Waals surface area contributed by atoms with Crippen LogP contribution in [0, 0.1) is 6.92 Å². The lowest BCUT2D eigenvalue weighted by molar-refractivity contribution is 0.327. The molecule has 0 amide bonds. The maximum absolute atomic E-state index is 6.40. The van der Waals surface area contributed by atoms with Crippen LogP contribution in [0.4, 0.5) is 5.69 Å².